The molecule has 1 aliphatic rings. The molecule has 0 amide bonds. The van der Waals surface area contributed by atoms with Crippen molar-refractivity contribution in [3.05, 3.63) is 29.3 Å². The molecule has 0 atom stereocenters. The lowest BCUT2D eigenvalue weighted by molar-refractivity contribution is -0.173. The van der Waals surface area contributed by atoms with Gasteiger partial charge in [0.25, 0.3) is 0 Å². The first-order valence-electron chi connectivity index (χ1n) is 6.26. The molecule has 1 aliphatic heterocycles. The van der Waals surface area contributed by atoms with Gasteiger partial charge in [0.05, 0.1) is 25.9 Å². The van der Waals surface area contributed by atoms with Crippen molar-refractivity contribution in [3.63, 3.8) is 0 Å². The fourth-order valence-electron chi connectivity index (χ4n) is 2.32. The molecule has 0 spiro atoms. The molecular weight excluding hydrogens is 232 g/mol. The minimum Gasteiger partial charge on any atom is -0.496 e. The first-order chi connectivity index (χ1) is 8.72. The maximum absolute atomic E-state index is 9.03. The van der Waals surface area contributed by atoms with Crippen LogP contribution in [0, 0.1) is 6.92 Å². The molecule has 0 saturated carbocycles. The second kappa shape index (κ2) is 5.69. The number of benzene rings is 1. The van der Waals surface area contributed by atoms with E-state index in [-0.39, 0.29) is 6.61 Å². The summed E-state index contributed by atoms with van der Waals surface area (Å²) in [6, 6.07) is 5.95. The Hall–Kier alpha value is -1.10. The van der Waals surface area contributed by atoms with Gasteiger partial charge in [-0.15, -0.1) is 0 Å². The van der Waals surface area contributed by atoms with Crippen molar-refractivity contribution >= 4 is 0 Å². The summed E-state index contributed by atoms with van der Waals surface area (Å²) in [5.41, 5.74) is 2.05. The quantitative estimate of drug-likeness (QED) is 0.870. The summed E-state index contributed by atoms with van der Waals surface area (Å²) in [4.78, 5) is 0. The molecule has 1 fully saturated rings. The van der Waals surface area contributed by atoms with E-state index < -0.39 is 5.79 Å². The monoisotopic (exact) mass is 252 g/mol. The van der Waals surface area contributed by atoms with Crippen LogP contribution in [0.25, 0.3) is 0 Å². The number of hydrogen-bond acceptors (Lipinski definition) is 4. The minimum atomic E-state index is -0.764. The molecule has 4 nitrogen and oxygen atoms in total. The van der Waals surface area contributed by atoms with Gasteiger partial charge in [0.1, 0.15) is 5.75 Å². The minimum absolute atomic E-state index is 0.128. The molecule has 0 aliphatic carbocycles. The molecule has 100 valence electrons. The van der Waals surface area contributed by atoms with Gasteiger partial charge >= 0.3 is 0 Å². The molecule has 4 heteroatoms. The van der Waals surface area contributed by atoms with E-state index in [2.05, 4.69) is 0 Å². The highest BCUT2D eigenvalue weighted by molar-refractivity contribution is 5.40. The van der Waals surface area contributed by atoms with Gasteiger partial charge < -0.3 is 19.3 Å². The van der Waals surface area contributed by atoms with Crippen molar-refractivity contribution in [2.45, 2.75) is 25.6 Å². The average Bonchev–Trinajstić information content (AvgIpc) is 2.86. The van der Waals surface area contributed by atoms with Crippen molar-refractivity contribution in [1.82, 2.24) is 0 Å². The lowest BCUT2D eigenvalue weighted by atomic mass is 9.97. The zero-order valence-electron chi connectivity index (χ0n) is 10.9. The van der Waals surface area contributed by atoms with Crippen LogP contribution in [0.2, 0.25) is 0 Å². The normalized spacial score (nSPS) is 17.9. The molecular formula is C14H20O4. The Labute approximate surface area is 107 Å². The van der Waals surface area contributed by atoms with Crippen LogP contribution in [0.15, 0.2) is 18.2 Å². The third-order valence-corrected chi connectivity index (χ3v) is 3.18. The molecule has 1 saturated heterocycles. The Balaban J connectivity index is 2.38. The largest absolute Gasteiger partial charge is 0.496 e. The lowest BCUT2D eigenvalue weighted by Gasteiger charge is -2.29. The van der Waals surface area contributed by atoms with Gasteiger partial charge in [-0.25, -0.2) is 0 Å². The van der Waals surface area contributed by atoms with Crippen LogP contribution < -0.4 is 4.74 Å². The fraction of sp³-hybridized carbons (Fsp3) is 0.571. The van der Waals surface area contributed by atoms with E-state index in [1.54, 1.807) is 7.11 Å². The fourth-order valence-corrected chi connectivity index (χ4v) is 2.32. The molecule has 2 rings (SSSR count). The van der Waals surface area contributed by atoms with Crippen molar-refractivity contribution in [2.24, 2.45) is 0 Å². The van der Waals surface area contributed by atoms with Crippen LogP contribution in [0.3, 0.4) is 0 Å². The SMILES string of the molecule is COc1ccc(C)cc1C1(CCCO)OCCO1. The first-order valence-corrected chi connectivity index (χ1v) is 6.26. The van der Waals surface area contributed by atoms with E-state index in [1.807, 2.05) is 25.1 Å². The van der Waals surface area contributed by atoms with Crippen molar-refractivity contribution in [2.75, 3.05) is 26.9 Å². The first kappa shape index (κ1) is 13.3. The van der Waals surface area contributed by atoms with E-state index in [0.717, 1.165) is 16.9 Å². The number of rotatable bonds is 5. The summed E-state index contributed by atoms with van der Waals surface area (Å²) >= 11 is 0. The smallest absolute Gasteiger partial charge is 0.198 e. The van der Waals surface area contributed by atoms with Crippen LogP contribution >= 0.6 is 0 Å². The van der Waals surface area contributed by atoms with Gasteiger partial charge in [0.2, 0.25) is 0 Å². The number of aliphatic hydroxyl groups excluding tert-OH is 1. The molecule has 18 heavy (non-hydrogen) atoms. The van der Waals surface area contributed by atoms with Gasteiger partial charge in [-0.05, 0) is 25.5 Å². The van der Waals surface area contributed by atoms with Crippen molar-refractivity contribution in [3.8, 4) is 5.75 Å². The van der Waals surface area contributed by atoms with E-state index in [9.17, 15) is 0 Å². The van der Waals surface area contributed by atoms with Gasteiger partial charge in [-0.1, -0.05) is 11.6 Å². The van der Waals surface area contributed by atoms with Crippen molar-refractivity contribution < 1.29 is 19.3 Å². The van der Waals surface area contributed by atoms with Gasteiger partial charge in [-0.2, -0.15) is 0 Å². The summed E-state index contributed by atoms with van der Waals surface area (Å²) in [5.74, 6) is 0.000500. The Morgan fingerprint density at radius 2 is 2.06 bits per heavy atom. The zero-order valence-corrected chi connectivity index (χ0v) is 10.9. The maximum atomic E-state index is 9.03. The summed E-state index contributed by atoms with van der Waals surface area (Å²) in [7, 11) is 1.64. The summed E-state index contributed by atoms with van der Waals surface area (Å²) in [6.07, 6.45) is 1.26. The third-order valence-electron chi connectivity index (χ3n) is 3.18. The van der Waals surface area contributed by atoms with Gasteiger partial charge in [-0.3, -0.25) is 0 Å². The number of hydrogen-bond donors (Lipinski definition) is 1. The zero-order chi connectivity index (χ0) is 13.0. The second-order valence-corrected chi connectivity index (χ2v) is 4.48. The third kappa shape index (κ3) is 2.51. The second-order valence-electron chi connectivity index (χ2n) is 4.48. The highest BCUT2D eigenvalue weighted by Crippen LogP contribution is 2.41. The predicted octanol–water partition coefficient (Wildman–Crippen LogP) is 1.98. The van der Waals surface area contributed by atoms with Crippen LogP contribution in [0.4, 0.5) is 0 Å². The van der Waals surface area contributed by atoms with Crippen LogP contribution in [-0.4, -0.2) is 32.0 Å². The maximum Gasteiger partial charge on any atom is 0.198 e. The van der Waals surface area contributed by atoms with E-state index >= 15 is 0 Å². The number of methoxy groups -OCH3 is 1. The number of aliphatic hydroxyl groups is 1. The Morgan fingerprint density at radius 1 is 1.33 bits per heavy atom. The summed E-state index contributed by atoms with van der Waals surface area (Å²) in [5, 5.41) is 9.03. The Morgan fingerprint density at radius 3 is 2.67 bits per heavy atom. The molecule has 1 aromatic rings. The van der Waals surface area contributed by atoms with Crippen LogP contribution in [-0.2, 0) is 15.3 Å². The van der Waals surface area contributed by atoms with E-state index in [1.165, 1.54) is 0 Å². The molecule has 0 unspecified atom stereocenters. The molecule has 0 radical (unpaired) electrons. The van der Waals surface area contributed by atoms with Crippen LogP contribution in [0.1, 0.15) is 24.0 Å². The van der Waals surface area contributed by atoms with Gasteiger partial charge in [0.15, 0.2) is 5.79 Å². The highest BCUT2D eigenvalue weighted by Gasteiger charge is 2.40. The van der Waals surface area contributed by atoms with Gasteiger partial charge in [0, 0.05) is 13.0 Å². The molecule has 1 heterocycles. The molecule has 0 bridgehead atoms. The average molecular weight is 252 g/mol. The van der Waals surface area contributed by atoms with E-state index in [0.29, 0.717) is 26.1 Å². The summed E-state index contributed by atoms with van der Waals surface area (Å²) < 4.78 is 17.0. The Bertz CT molecular complexity index is 397. The topological polar surface area (TPSA) is 47.9 Å². The standard InChI is InChI=1S/C14H20O4/c1-11-4-5-13(16-2)12(10-11)14(6-3-7-15)17-8-9-18-14/h4-5,10,15H,3,6-9H2,1-2H3. The molecule has 0 aromatic heterocycles. The number of ether oxygens (including phenoxy) is 3. The van der Waals surface area contributed by atoms with Crippen molar-refractivity contribution in [1.29, 1.82) is 0 Å². The van der Waals surface area contributed by atoms with Crippen LogP contribution in [0.5, 0.6) is 5.75 Å². The Kier molecular flexibility index (Phi) is 4.22. The number of aryl methyl sites for hydroxylation is 1. The lowest BCUT2D eigenvalue weighted by Crippen LogP contribution is -2.28. The highest BCUT2D eigenvalue weighted by atomic mass is 16.7. The van der Waals surface area contributed by atoms with E-state index in [4.69, 9.17) is 19.3 Å². The molecule has 1 aromatic carbocycles. The summed E-state index contributed by atoms with van der Waals surface area (Å²) in [6.45, 7) is 3.30. The predicted molar refractivity (Wildman–Crippen MR) is 67.6 cm³/mol. The molecule has 1 N–H and O–H groups in total.